The van der Waals surface area contributed by atoms with Crippen molar-refractivity contribution in [1.29, 1.82) is 0 Å². The molecular weight excluding hydrogens is 260 g/mol. The third kappa shape index (κ3) is 2.71. The van der Waals surface area contributed by atoms with Crippen molar-refractivity contribution < 1.29 is 13.2 Å². The molecule has 5 heteroatoms. The molecule has 2 nitrogen and oxygen atoms in total. The maximum Gasteiger partial charge on any atom is 0.193 e. The highest BCUT2D eigenvalue weighted by Crippen LogP contribution is 2.28. The molecule has 0 spiro atoms. The smallest absolute Gasteiger partial charge is 0.193 e. The minimum absolute atomic E-state index is 0.197. The van der Waals surface area contributed by atoms with Crippen LogP contribution in [0.3, 0.4) is 0 Å². The van der Waals surface area contributed by atoms with Crippen LogP contribution in [0, 0.1) is 11.6 Å². The van der Waals surface area contributed by atoms with Crippen LogP contribution >= 0.6 is 11.6 Å². The van der Waals surface area contributed by atoms with Gasteiger partial charge in [0.05, 0.1) is 6.04 Å². The Kier molecular flexibility index (Phi) is 3.99. The maximum absolute atomic E-state index is 13.8. The molecule has 2 rings (SSSR count). The molecule has 1 aromatic carbocycles. The summed E-state index contributed by atoms with van der Waals surface area (Å²) in [6.45, 7) is 2.45. The minimum atomic E-state index is -0.557. The van der Waals surface area contributed by atoms with E-state index >= 15 is 0 Å². The molecule has 0 bridgehead atoms. The second-order valence-electron chi connectivity index (χ2n) is 3.80. The van der Waals surface area contributed by atoms with E-state index in [1.807, 2.05) is 6.92 Å². The summed E-state index contributed by atoms with van der Waals surface area (Å²) in [5.41, 5.74) is 0.197. The van der Waals surface area contributed by atoms with Crippen molar-refractivity contribution in [1.82, 2.24) is 5.32 Å². The highest BCUT2D eigenvalue weighted by atomic mass is 35.5. The van der Waals surface area contributed by atoms with Crippen molar-refractivity contribution in [3.05, 3.63) is 58.5 Å². The van der Waals surface area contributed by atoms with Crippen LogP contribution < -0.4 is 5.32 Å². The average molecular weight is 272 g/mol. The summed E-state index contributed by atoms with van der Waals surface area (Å²) in [4.78, 5) is 0. The molecule has 0 saturated carbocycles. The molecule has 0 saturated heterocycles. The van der Waals surface area contributed by atoms with Gasteiger partial charge in [-0.2, -0.15) is 0 Å². The van der Waals surface area contributed by atoms with Crippen molar-refractivity contribution in [2.45, 2.75) is 13.0 Å². The summed E-state index contributed by atoms with van der Waals surface area (Å²) in [6.07, 6.45) is 0. The molecule has 0 aliphatic rings. The fourth-order valence-corrected chi connectivity index (χ4v) is 1.94. The monoisotopic (exact) mass is 271 g/mol. The molecule has 1 aromatic heterocycles. The lowest BCUT2D eigenvalue weighted by Crippen LogP contribution is -2.22. The van der Waals surface area contributed by atoms with Crippen LogP contribution in [0.25, 0.3) is 0 Å². The molecule has 0 amide bonds. The van der Waals surface area contributed by atoms with Gasteiger partial charge in [-0.15, -0.1) is 0 Å². The van der Waals surface area contributed by atoms with E-state index < -0.39 is 17.7 Å². The van der Waals surface area contributed by atoms with Gasteiger partial charge in [0, 0.05) is 5.56 Å². The zero-order valence-electron chi connectivity index (χ0n) is 9.71. The van der Waals surface area contributed by atoms with Crippen molar-refractivity contribution in [2.75, 3.05) is 6.54 Å². The van der Waals surface area contributed by atoms with Gasteiger partial charge in [-0.25, -0.2) is 8.78 Å². The molecule has 0 aliphatic heterocycles. The molecule has 1 heterocycles. The van der Waals surface area contributed by atoms with E-state index in [1.165, 1.54) is 0 Å². The van der Waals surface area contributed by atoms with Gasteiger partial charge in [0.15, 0.2) is 5.22 Å². The number of benzene rings is 1. The highest BCUT2D eigenvalue weighted by Gasteiger charge is 2.20. The Hall–Kier alpha value is -1.39. The summed E-state index contributed by atoms with van der Waals surface area (Å²) < 4.78 is 32.2. The summed E-state index contributed by atoms with van der Waals surface area (Å²) in [6, 6.07) is 5.98. The van der Waals surface area contributed by atoms with Gasteiger partial charge in [0.1, 0.15) is 17.4 Å². The van der Waals surface area contributed by atoms with Crippen molar-refractivity contribution in [2.24, 2.45) is 0 Å². The first kappa shape index (κ1) is 13.1. The number of hydrogen-bond acceptors (Lipinski definition) is 2. The Morgan fingerprint density at radius 2 is 2.06 bits per heavy atom. The quantitative estimate of drug-likeness (QED) is 0.912. The molecular formula is C13H12ClF2NO. The van der Waals surface area contributed by atoms with Gasteiger partial charge in [0.25, 0.3) is 0 Å². The molecule has 1 N–H and O–H groups in total. The zero-order chi connectivity index (χ0) is 13.1. The number of nitrogens with one attached hydrogen (secondary N) is 1. The van der Waals surface area contributed by atoms with Crippen LogP contribution in [0.5, 0.6) is 0 Å². The largest absolute Gasteiger partial charge is 0.448 e. The Morgan fingerprint density at radius 3 is 2.67 bits per heavy atom. The number of halogens is 3. The lowest BCUT2D eigenvalue weighted by Gasteiger charge is -2.16. The first-order valence-corrected chi connectivity index (χ1v) is 5.93. The molecule has 0 radical (unpaired) electrons. The Morgan fingerprint density at radius 1 is 1.28 bits per heavy atom. The van der Waals surface area contributed by atoms with E-state index in [0.29, 0.717) is 12.3 Å². The van der Waals surface area contributed by atoms with E-state index in [2.05, 4.69) is 5.32 Å². The fourth-order valence-electron chi connectivity index (χ4n) is 1.79. The van der Waals surface area contributed by atoms with E-state index in [9.17, 15) is 8.78 Å². The second kappa shape index (κ2) is 5.50. The molecule has 0 aliphatic carbocycles. The maximum atomic E-state index is 13.8. The van der Waals surface area contributed by atoms with Crippen molar-refractivity contribution >= 4 is 11.6 Å². The van der Waals surface area contributed by atoms with E-state index in [0.717, 1.165) is 18.2 Å². The number of hydrogen-bond donors (Lipinski definition) is 1. The molecule has 2 aromatic rings. The van der Waals surface area contributed by atoms with Crippen LogP contribution in [0.15, 0.2) is 34.7 Å². The van der Waals surface area contributed by atoms with E-state index in [4.69, 9.17) is 16.0 Å². The summed E-state index contributed by atoms with van der Waals surface area (Å²) in [7, 11) is 0. The van der Waals surface area contributed by atoms with Crippen LogP contribution in [-0.4, -0.2) is 6.54 Å². The van der Waals surface area contributed by atoms with Crippen LogP contribution in [-0.2, 0) is 0 Å². The fraction of sp³-hybridized carbons (Fsp3) is 0.231. The minimum Gasteiger partial charge on any atom is -0.448 e. The van der Waals surface area contributed by atoms with Crippen LogP contribution in [0.2, 0.25) is 5.22 Å². The van der Waals surface area contributed by atoms with Crippen LogP contribution in [0.4, 0.5) is 8.78 Å². The summed E-state index contributed by atoms with van der Waals surface area (Å²) in [5.74, 6) is -0.534. The molecule has 1 unspecified atom stereocenters. The van der Waals surface area contributed by atoms with Gasteiger partial charge in [-0.1, -0.05) is 6.92 Å². The predicted molar refractivity (Wildman–Crippen MR) is 65.6 cm³/mol. The topological polar surface area (TPSA) is 25.2 Å². The van der Waals surface area contributed by atoms with Gasteiger partial charge < -0.3 is 9.73 Å². The summed E-state index contributed by atoms with van der Waals surface area (Å²) in [5, 5.41) is 3.25. The number of rotatable bonds is 4. The third-order valence-electron chi connectivity index (χ3n) is 2.56. The van der Waals surface area contributed by atoms with E-state index in [-0.39, 0.29) is 10.8 Å². The van der Waals surface area contributed by atoms with Crippen LogP contribution in [0.1, 0.15) is 24.3 Å². The SMILES string of the molecule is CCNC(c1ccc(Cl)o1)c1cc(F)ccc1F. The standard InChI is InChI=1S/C13H12ClF2NO/c1-2-17-13(11-5-6-12(14)18-11)9-7-8(15)3-4-10(9)16/h3-7,13,17H,2H2,1H3. The lowest BCUT2D eigenvalue weighted by atomic mass is 10.0. The first-order chi connectivity index (χ1) is 8.61. The molecule has 96 valence electrons. The molecule has 1 atom stereocenters. The summed E-state index contributed by atoms with van der Waals surface area (Å²) >= 11 is 5.70. The van der Waals surface area contributed by atoms with E-state index in [1.54, 1.807) is 12.1 Å². The predicted octanol–water partition coefficient (Wildman–Crippen LogP) is 3.91. The average Bonchev–Trinajstić information content (AvgIpc) is 2.76. The van der Waals surface area contributed by atoms with Gasteiger partial charge in [-0.05, 0) is 48.5 Å². The number of furan rings is 1. The molecule has 18 heavy (non-hydrogen) atoms. The zero-order valence-corrected chi connectivity index (χ0v) is 10.5. The van der Waals surface area contributed by atoms with Gasteiger partial charge in [0.2, 0.25) is 0 Å². The van der Waals surface area contributed by atoms with Crippen molar-refractivity contribution in [3.63, 3.8) is 0 Å². The Labute approximate surface area is 109 Å². The highest BCUT2D eigenvalue weighted by molar-refractivity contribution is 6.28. The third-order valence-corrected chi connectivity index (χ3v) is 2.76. The van der Waals surface area contributed by atoms with Gasteiger partial charge in [-0.3, -0.25) is 0 Å². The molecule has 0 fully saturated rings. The van der Waals surface area contributed by atoms with Gasteiger partial charge >= 0.3 is 0 Å². The normalized spacial score (nSPS) is 12.7. The lowest BCUT2D eigenvalue weighted by molar-refractivity contribution is 0.441. The van der Waals surface area contributed by atoms with Crippen molar-refractivity contribution in [3.8, 4) is 0 Å². The Bertz CT molecular complexity index is 542. The second-order valence-corrected chi connectivity index (χ2v) is 4.17. The Balaban J connectivity index is 2.44. The first-order valence-electron chi connectivity index (χ1n) is 5.55.